The second-order valence-electron chi connectivity index (χ2n) is 5.80. The number of carbonyl (C=O) groups excluding carboxylic acids is 2. The van der Waals surface area contributed by atoms with Gasteiger partial charge in [0.2, 0.25) is 6.10 Å². The summed E-state index contributed by atoms with van der Waals surface area (Å²) in [6.07, 6.45) is 0.941. The summed E-state index contributed by atoms with van der Waals surface area (Å²) in [7, 11) is 0. The molecule has 0 saturated heterocycles. The topological polar surface area (TPSA) is 71.1 Å². The molecule has 6 heteroatoms. The fraction of sp³-hybridized carbons (Fsp3) is 0.300. The lowest BCUT2D eigenvalue weighted by Gasteiger charge is -2.24. The van der Waals surface area contributed by atoms with Crippen LogP contribution in [0.2, 0.25) is 0 Å². The number of esters is 2. The average molecular weight is 356 g/mol. The van der Waals surface area contributed by atoms with Crippen molar-refractivity contribution in [3.8, 4) is 17.2 Å². The van der Waals surface area contributed by atoms with Gasteiger partial charge in [-0.2, -0.15) is 0 Å². The first-order chi connectivity index (χ1) is 12.7. The number of fused-ring (bicyclic) bond motifs is 1. The minimum Gasteiger partial charge on any atom is -0.485 e. The molecule has 6 nitrogen and oxygen atoms in total. The van der Waals surface area contributed by atoms with Crippen LogP contribution in [0.15, 0.2) is 48.5 Å². The lowest BCUT2D eigenvalue weighted by Crippen LogP contribution is -2.39. The van der Waals surface area contributed by atoms with Crippen molar-refractivity contribution in [2.24, 2.45) is 0 Å². The van der Waals surface area contributed by atoms with Crippen LogP contribution in [-0.2, 0) is 9.53 Å². The van der Waals surface area contributed by atoms with Gasteiger partial charge in [-0.15, -0.1) is 0 Å². The Morgan fingerprint density at radius 3 is 2.54 bits per heavy atom. The van der Waals surface area contributed by atoms with Gasteiger partial charge in [-0.1, -0.05) is 25.5 Å². The van der Waals surface area contributed by atoms with Crippen LogP contribution in [0.25, 0.3) is 0 Å². The third kappa shape index (κ3) is 4.33. The minimum atomic E-state index is -0.844. The van der Waals surface area contributed by atoms with E-state index in [0.29, 0.717) is 29.4 Å². The van der Waals surface area contributed by atoms with Crippen LogP contribution < -0.4 is 14.2 Å². The molecule has 3 rings (SSSR count). The van der Waals surface area contributed by atoms with Crippen LogP contribution in [0.3, 0.4) is 0 Å². The van der Waals surface area contributed by atoms with E-state index in [1.54, 1.807) is 42.5 Å². The standard InChI is InChI=1S/C20H20O6/c1-2-3-12-23-19(21)14-8-10-15(11-9-14)25-20(22)18-13-24-16-6-4-5-7-17(16)26-18/h4-11,18H,2-3,12-13H2,1H3/t18-/m0/s1. The number of rotatable bonds is 6. The summed E-state index contributed by atoms with van der Waals surface area (Å²) in [5.74, 6) is 0.477. The molecule has 0 amide bonds. The van der Waals surface area contributed by atoms with E-state index in [4.69, 9.17) is 18.9 Å². The van der Waals surface area contributed by atoms with Crippen LogP contribution in [0.4, 0.5) is 0 Å². The lowest BCUT2D eigenvalue weighted by atomic mass is 10.2. The van der Waals surface area contributed by atoms with Gasteiger partial charge >= 0.3 is 11.9 Å². The van der Waals surface area contributed by atoms with E-state index in [-0.39, 0.29) is 6.61 Å². The molecule has 136 valence electrons. The molecule has 2 aromatic carbocycles. The zero-order valence-electron chi connectivity index (χ0n) is 14.5. The van der Waals surface area contributed by atoms with Gasteiger partial charge in [0.05, 0.1) is 12.2 Å². The quantitative estimate of drug-likeness (QED) is 0.449. The molecule has 0 radical (unpaired) electrons. The van der Waals surface area contributed by atoms with Crippen LogP contribution in [0.1, 0.15) is 30.1 Å². The molecule has 1 aliphatic heterocycles. The van der Waals surface area contributed by atoms with Crippen LogP contribution in [0.5, 0.6) is 17.2 Å². The normalized spacial score (nSPS) is 15.2. The maximum Gasteiger partial charge on any atom is 0.356 e. The number of hydrogen-bond acceptors (Lipinski definition) is 6. The van der Waals surface area contributed by atoms with Gasteiger partial charge in [-0.3, -0.25) is 0 Å². The summed E-state index contributed by atoms with van der Waals surface area (Å²) in [6.45, 7) is 2.50. The van der Waals surface area contributed by atoms with Crippen molar-refractivity contribution in [3.63, 3.8) is 0 Å². The molecule has 1 heterocycles. The summed E-state index contributed by atoms with van der Waals surface area (Å²) in [4.78, 5) is 24.1. The summed E-state index contributed by atoms with van der Waals surface area (Å²) >= 11 is 0. The highest BCUT2D eigenvalue weighted by Crippen LogP contribution is 2.31. The maximum atomic E-state index is 12.3. The Hall–Kier alpha value is -3.02. The molecule has 0 fully saturated rings. The lowest BCUT2D eigenvalue weighted by molar-refractivity contribution is -0.144. The first kappa shape index (κ1) is 17.8. The fourth-order valence-electron chi connectivity index (χ4n) is 2.37. The first-order valence-corrected chi connectivity index (χ1v) is 8.54. The number of carbonyl (C=O) groups is 2. The van der Waals surface area contributed by atoms with Gasteiger partial charge in [0.15, 0.2) is 11.5 Å². The molecule has 1 aliphatic rings. The van der Waals surface area contributed by atoms with Gasteiger partial charge in [-0.05, 0) is 42.8 Å². The van der Waals surface area contributed by atoms with Crippen molar-refractivity contribution in [2.75, 3.05) is 13.2 Å². The third-order valence-electron chi connectivity index (χ3n) is 3.81. The largest absolute Gasteiger partial charge is 0.485 e. The fourth-order valence-corrected chi connectivity index (χ4v) is 2.37. The molecule has 1 atom stereocenters. The smallest absolute Gasteiger partial charge is 0.356 e. The molecule has 0 aromatic heterocycles. The van der Waals surface area contributed by atoms with Gasteiger partial charge in [-0.25, -0.2) is 9.59 Å². The molecule has 0 bridgehead atoms. The van der Waals surface area contributed by atoms with Crippen molar-refractivity contribution in [2.45, 2.75) is 25.9 Å². The van der Waals surface area contributed by atoms with Crippen molar-refractivity contribution in [1.29, 1.82) is 0 Å². The van der Waals surface area contributed by atoms with E-state index < -0.39 is 18.0 Å². The van der Waals surface area contributed by atoms with Crippen molar-refractivity contribution in [3.05, 3.63) is 54.1 Å². The summed E-state index contributed by atoms with van der Waals surface area (Å²) in [6, 6.07) is 13.3. The van der Waals surface area contributed by atoms with Gasteiger partial charge in [0.25, 0.3) is 0 Å². The molecule has 0 aliphatic carbocycles. The van der Waals surface area contributed by atoms with E-state index in [1.165, 1.54) is 0 Å². The van der Waals surface area contributed by atoms with Crippen LogP contribution in [0, 0.1) is 0 Å². The molecule has 0 spiro atoms. The Morgan fingerprint density at radius 2 is 1.81 bits per heavy atom. The van der Waals surface area contributed by atoms with Crippen molar-refractivity contribution in [1.82, 2.24) is 0 Å². The first-order valence-electron chi connectivity index (χ1n) is 8.54. The highest BCUT2D eigenvalue weighted by Gasteiger charge is 2.29. The third-order valence-corrected chi connectivity index (χ3v) is 3.81. The number of hydrogen-bond donors (Lipinski definition) is 0. The Labute approximate surface area is 151 Å². The molecular weight excluding hydrogens is 336 g/mol. The minimum absolute atomic E-state index is 0.0810. The van der Waals surface area contributed by atoms with Gasteiger partial charge in [0.1, 0.15) is 12.4 Å². The monoisotopic (exact) mass is 356 g/mol. The molecule has 26 heavy (non-hydrogen) atoms. The van der Waals surface area contributed by atoms with Gasteiger partial charge in [0, 0.05) is 0 Å². The Balaban J connectivity index is 1.56. The van der Waals surface area contributed by atoms with E-state index in [9.17, 15) is 9.59 Å². The van der Waals surface area contributed by atoms with Crippen LogP contribution >= 0.6 is 0 Å². The number of unbranched alkanes of at least 4 members (excludes halogenated alkanes) is 1. The predicted octanol–water partition coefficient (Wildman–Crippen LogP) is 3.39. The molecule has 0 unspecified atom stereocenters. The summed E-state index contributed by atoms with van der Waals surface area (Å²) in [5.41, 5.74) is 0.409. The molecular formula is C20H20O6. The number of para-hydroxylation sites is 2. The SMILES string of the molecule is CCCCOC(=O)c1ccc(OC(=O)[C@@H]2COc3ccccc3O2)cc1. The molecule has 2 aromatic rings. The maximum absolute atomic E-state index is 12.3. The number of ether oxygens (including phenoxy) is 4. The van der Waals surface area contributed by atoms with Crippen molar-refractivity contribution < 1.29 is 28.5 Å². The summed E-state index contributed by atoms with van der Waals surface area (Å²) in [5, 5.41) is 0. The summed E-state index contributed by atoms with van der Waals surface area (Å²) < 4.78 is 21.6. The Bertz CT molecular complexity index is 768. The highest BCUT2D eigenvalue weighted by atomic mass is 16.6. The predicted molar refractivity (Wildman–Crippen MR) is 93.6 cm³/mol. The van der Waals surface area contributed by atoms with Crippen molar-refractivity contribution >= 4 is 11.9 Å². The molecule has 0 N–H and O–H groups in total. The van der Waals surface area contributed by atoms with Crippen LogP contribution in [-0.4, -0.2) is 31.3 Å². The second-order valence-corrected chi connectivity index (χ2v) is 5.80. The second kappa shape index (κ2) is 8.38. The van der Waals surface area contributed by atoms with E-state index in [2.05, 4.69) is 0 Å². The molecule has 0 saturated carbocycles. The average Bonchev–Trinajstić information content (AvgIpc) is 2.68. The Kier molecular flexibility index (Phi) is 5.73. The zero-order chi connectivity index (χ0) is 18.4. The van der Waals surface area contributed by atoms with E-state index >= 15 is 0 Å². The van der Waals surface area contributed by atoms with E-state index in [0.717, 1.165) is 12.8 Å². The highest BCUT2D eigenvalue weighted by molar-refractivity contribution is 5.89. The van der Waals surface area contributed by atoms with Gasteiger partial charge < -0.3 is 18.9 Å². The number of benzene rings is 2. The zero-order valence-corrected chi connectivity index (χ0v) is 14.5. The van der Waals surface area contributed by atoms with E-state index in [1.807, 2.05) is 13.0 Å². The Morgan fingerprint density at radius 1 is 1.08 bits per heavy atom.